The Kier molecular flexibility index (Phi) is 5.79. The molecule has 0 aliphatic carbocycles. The molecule has 3 atom stereocenters. The highest BCUT2D eigenvalue weighted by molar-refractivity contribution is 5.86. The zero-order valence-electron chi connectivity index (χ0n) is 14.2. The summed E-state index contributed by atoms with van der Waals surface area (Å²) in [5, 5.41) is 5.39. The molecule has 1 fully saturated rings. The van der Waals surface area contributed by atoms with Gasteiger partial charge in [-0.15, -0.1) is 0 Å². The quantitative estimate of drug-likeness (QED) is 0.810. The molecule has 22 heavy (non-hydrogen) atoms. The van der Waals surface area contributed by atoms with Crippen LogP contribution >= 0.6 is 0 Å². The minimum absolute atomic E-state index is 0.126. The van der Waals surface area contributed by atoms with Crippen LogP contribution in [0, 0.1) is 5.92 Å². The molecule has 1 rings (SSSR count). The topological polar surface area (TPSA) is 87.7 Å². The standard InChI is InChI=1S/C15H27N3O4/c1-9-7-18(13(20)10(2)16-11(3)19)8-12(9)17-14(21)22-15(4,5)6/h9-10,12H,7-8H2,1-6H3,(H,16,19)(H,17,21)/t9-,10+,12-/m0/s1. The van der Waals surface area contributed by atoms with E-state index in [2.05, 4.69) is 10.6 Å². The van der Waals surface area contributed by atoms with Crippen molar-refractivity contribution in [2.75, 3.05) is 13.1 Å². The molecule has 3 amide bonds. The summed E-state index contributed by atoms with van der Waals surface area (Å²) < 4.78 is 5.23. The fraction of sp³-hybridized carbons (Fsp3) is 0.800. The first-order chi connectivity index (χ1) is 9.99. The van der Waals surface area contributed by atoms with Crippen LogP contribution in [0.15, 0.2) is 0 Å². The maximum atomic E-state index is 12.3. The Morgan fingerprint density at radius 1 is 1.23 bits per heavy atom. The number of ether oxygens (including phenoxy) is 1. The third kappa shape index (κ3) is 5.54. The molecule has 2 N–H and O–H groups in total. The summed E-state index contributed by atoms with van der Waals surface area (Å²) >= 11 is 0. The normalized spacial score (nSPS) is 22.9. The molecule has 0 radical (unpaired) electrons. The number of nitrogens with one attached hydrogen (secondary N) is 2. The molecular formula is C15H27N3O4. The van der Waals surface area contributed by atoms with Gasteiger partial charge < -0.3 is 20.3 Å². The molecule has 1 heterocycles. The summed E-state index contributed by atoms with van der Waals surface area (Å²) in [4.78, 5) is 36.8. The van der Waals surface area contributed by atoms with E-state index in [4.69, 9.17) is 4.74 Å². The molecule has 7 nitrogen and oxygen atoms in total. The SMILES string of the molecule is CC(=O)N[C@H](C)C(=O)N1C[C@H](NC(=O)OC(C)(C)C)[C@@H](C)C1. The molecule has 0 aromatic rings. The molecule has 0 aromatic carbocycles. The van der Waals surface area contributed by atoms with Crippen molar-refractivity contribution in [3.8, 4) is 0 Å². The Balaban J connectivity index is 2.56. The number of likely N-dealkylation sites (tertiary alicyclic amines) is 1. The minimum atomic E-state index is -0.565. The number of amides is 3. The Morgan fingerprint density at radius 2 is 1.82 bits per heavy atom. The molecule has 1 saturated heterocycles. The van der Waals surface area contributed by atoms with Gasteiger partial charge in [0.25, 0.3) is 0 Å². The van der Waals surface area contributed by atoms with Gasteiger partial charge in [0.1, 0.15) is 11.6 Å². The first kappa shape index (κ1) is 18.3. The fourth-order valence-corrected chi connectivity index (χ4v) is 2.43. The van der Waals surface area contributed by atoms with Crippen LogP contribution in [0.25, 0.3) is 0 Å². The molecule has 0 unspecified atom stereocenters. The van der Waals surface area contributed by atoms with E-state index in [1.807, 2.05) is 6.92 Å². The van der Waals surface area contributed by atoms with Crippen LogP contribution in [0.4, 0.5) is 4.79 Å². The van der Waals surface area contributed by atoms with E-state index >= 15 is 0 Å². The second-order valence-corrected chi connectivity index (χ2v) is 6.90. The van der Waals surface area contributed by atoms with Crippen molar-refractivity contribution in [3.05, 3.63) is 0 Å². The number of hydrogen-bond acceptors (Lipinski definition) is 4. The molecule has 0 spiro atoms. The molecule has 1 aliphatic rings. The van der Waals surface area contributed by atoms with Crippen molar-refractivity contribution in [2.45, 2.75) is 59.2 Å². The van der Waals surface area contributed by atoms with E-state index in [1.54, 1.807) is 32.6 Å². The fourth-order valence-electron chi connectivity index (χ4n) is 2.43. The highest BCUT2D eigenvalue weighted by Gasteiger charge is 2.35. The molecule has 0 aromatic heterocycles. The van der Waals surface area contributed by atoms with Crippen molar-refractivity contribution < 1.29 is 19.1 Å². The zero-order chi connectivity index (χ0) is 17.1. The molecule has 0 saturated carbocycles. The maximum Gasteiger partial charge on any atom is 0.407 e. The number of carbonyl (C=O) groups excluding carboxylic acids is 3. The van der Waals surface area contributed by atoms with E-state index < -0.39 is 17.7 Å². The molecule has 126 valence electrons. The number of hydrogen-bond donors (Lipinski definition) is 2. The highest BCUT2D eigenvalue weighted by Crippen LogP contribution is 2.18. The minimum Gasteiger partial charge on any atom is -0.444 e. The van der Waals surface area contributed by atoms with Gasteiger partial charge in [-0.05, 0) is 33.6 Å². The highest BCUT2D eigenvalue weighted by atomic mass is 16.6. The third-order valence-corrected chi connectivity index (χ3v) is 3.42. The van der Waals surface area contributed by atoms with Gasteiger partial charge in [0.15, 0.2) is 0 Å². The van der Waals surface area contributed by atoms with Gasteiger partial charge in [-0.1, -0.05) is 6.92 Å². The second kappa shape index (κ2) is 6.98. The lowest BCUT2D eigenvalue weighted by Gasteiger charge is -2.23. The summed E-state index contributed by atoms with van der Waals surface area (Å²) in [5.74, 6) is -0.256. The van der Waals surface area contributed by atoms with E-state index in [0.717, 1.165) is 0 Å². The largest absolute Gasteiger partial charge is 0.444 e. The summed E-state index contributed by atoms with van der Waals surface area (Å²) in [6.45, 7) is 11.4. The average Bonchev–Trinajstić information content (AvgIpc) is 2.66. The van der Waals surface area contributed by atoms with E-state index in [1.165, 1.54) is 6.92 Å². The first-order valence-corrected chi connectivity index (χ1v) is 7.55. The first-order valence-electron chi connectivity index (χ1n) is 7.55. The summed E-state index contributed by atoms with van der Waals surface area (Å²) in [6.07, 6.45) is -0.478. The van der Waals surface area contributed by atoms with Crippen LogP contribution in [0.3, 0.4) is 0 Å². The molecule has 1 aliphatic heterocycles. The predicted molar refractivity (Wildman–Crippen MR) is 82.2 cm³/mol. The van der Waals surface area contributed by atoms with Crippen molar-refractivity contribution >= 4 is 17.9 Å². The number of alkyl carbamates (subject to hydrolysis) is 1. The summed E-state index contributed by atoms with van der Waals surface area (Å²) in [6, 6.07) is -0.715. The Labute approximate surface area is 131 Å². The van der Waals surface area contributed by atoms with Crippen molar-refractivity contribution in [2.24, 2.45) is 5.92 Å². The summed E-state index contributed by atoms with van der Waals surface area (Å²) in [7, 11) is 0. The van der Waals surface area contributed by atoms with Crippen LogP contribution in [-0.2, 0) is 14.3 Å². The smallest absolute Gasteiger partial charge is 0.407 e. The van der Waals surface area contributed by atoms with Crippen LogP contribution in [0.2, 0.25) is 0 Å². The van der Waals surface area contributed by atoms with Gasteiger partial charge in [0, 0.05) is 20.0 Å². The van der Waals surface area contributed by atoms with E-state index in [9.17, 15) is 14.4 Å². The average molecular weight is 313 g/mol. The van der Waals surface area contributed by atoms with Gasteiger partial charge in [0.2, 0.25) is 11.8 Å². The molecule has 7 heteroatoms. The number of nitrogens with zero attached hydrogens (tertiary/aromatic N) is 1. The lowest BCUT2D eigenvalue weighted by atomic mass is 10.1. The molecule has 0 bridgehead atoms. The van der Waals surface area contributed by atoms with Gasteiger partial charge in [-0.25, -0.2) is 4.79 Å². The van der Waals surface area contributed by atoms with Gasteiger partial charge in [-0.2, -0.15) is 0 Å². The van der Waals surface area contributed by atoms with Crippen LogP contribution in [0.5, 0.6) is 0 Å². The lowest BCUT2D eigenvalue weighted by Crippen LogP contribution is -2.47. The van der Waals surface area contributed by atoms with Gasteiger partial charge >= 0.3 is 6.09 Å². The predicted octanol–water partition coefficient (Wildman–Crippen LogP) is 0.883. The Bertz CT molecular complexity index is 445. The van der Waals surface area contributed by atoms with Gasteiger partial charge in [-0.3, -0.25) is 9.59 Å². The van der Waals surface area contributed by atoms with Crippen molar-refractivity contribution in [1.82, 2.24) is 15.5 Å². The lowest BCUT2D eigenvalue weighted by molar-refractivity contribution is -0.134. The van der Waals surface area contributed by atoms with Gasteiger partial charge in [0.05, 0.1) is 6.04 Å². The zero-order valence-corrected chi connectivity index (χ0v) is 14.2. The van der Waals surface area contributed by atoms with Crippen molar-refractivity contribution in [1.29, 1.82) is 0 Å². The van der Waals surface area contributed by atoms with Crippen LogP contribution in [0.1, 0.15) is 41.5 Å². The van der Waals surface area contributed by atoms with E-state index in [-0.39, 0.29) is 23.8 Å². The second-order valence-electron chi connectivity index (χ2n) is 6.90. The van der Waals surface area contributed by atoms with Crippen molar-refractivity contribution in [3.63, 3.8) is 0 Å². The number of rotatable bonds is 3. The Hall–Kier alpha value is -1.79. The maximum absolute atomic E-state index is 12.3. The molecular weight excluding hydrogens is 286 g/mol. The van der Waals surface area contributed by atoms with Crippen LogP contribution < -0.4 is 10.6 Å². The summed E-state index contributed by atoms with van der Waals surface area (Å²) in [5.41, 5.74) is -0.554. The van der Waals surface area contributed by atoms with Crippen LogP contribution in [-0.4, -0.2) is 53.6 Å². The van der Waals surface area contributed by atoms with E-state index in [0.29, 0.717) is 13.1 Å². The number of carbonyl (C=O) groups is 3. The monoisotopic (exact) mass is 313 g/mol. The Morgan fingerprint density at radius 3 is 2.32 bits per heavy atom. The third-order valence-electron chi connectivity index (χ3n) is 3.42.